The van der Waals surface area contributed by atoms with Gasteiger partial charge in [-0.15, -0.1) is 11.3 Å². The van der Waals surface area contributed by atoms with Gasteiger partial charge in [-0.25, -0.2) is 18.4 Å². The highest BCUT2D eigenvalue weighted by molar-refractivity contribution is 8.00. The number of carbonyl (C=O) groups is 1. The smallest absolute Gasteiger partial charge is 0.243 e. The second-order valence-electron chi connectivity index (χ2n) is 6.99. The monoisotopic (exact) mass is 462 g/mol. The predicted molar refractivity (Wildman–Crippen MR) is 119 cm³/mol. The van der Waals surface area contributed by atoms with Crippen LogP contribution in [0, 0.1) is 0 Å². The third-order valence-corrected chi connectivity index (χ3v) is 8.67. The van der Waals surface area contributed by atoms with Crippen LogP contribution in [-0.4, -0.2) is 47.4 Å². The molecule has 0 unspecified atom stereocenters. The maximum Gasteiger partial charge on any atom is 0.243 e. The van der Waals surface area contributed by atoms with Gasteiger partial charge in [0.25, 0.3) is 0 Å². The Morgan fingerprint density at radius 2 is 1.87 bits per heavy atom. The zero-order chi connectivity index (χ0) is 21.0. The molecule has 0 bridgehead atoms. The molecule has 0 spiro atoms. The second-order valence-corrected chi connectivity index (χ2v) is 10.8. The number of piperidine rings is 1. The maximum absolute atomic E-state index is 12.7. The first-order valence-corrected chi connectivity index (χ1v) is 13.0. The Morgan fingerprint density at radius 1 is 1.10 bits per heavy atom. The van der Waals surface area contributed by atoms with Crippen LogP contribution in [0.4, 0.5) is 0 Å². The first kappa shape index (κ1) is 21.2. The largest absolute Gasteiger partial charge is 0.351 e. The van der Waals surface area contributed by atoms with Gasteiger partial charge in [0, 0.05) is 25.0 Å². The number of thioether (sulfide) groups is 1. The summed E-state index contributed by atoms with van der Waals surface area (Å²) in [5.41, 5.74) is 0.855. The molecular formula is C20H22N4O3S3. The lowest BCUT2D eigenvalue weighted by Gasteiger charge is -2.25. The number of nitrogens with zero attached hydrogens (tertiary/aromatic N) is 3. The molecule has 3 heterocycles. The summed E-state index contributed by atoms with van der Waals surface area (Å²) in [7, 11) is -3.43. The molecule has 30 heavy (non-hydrogen) atoms. The van der Waals surface area contributed by atoms with Crippen LogP contribution in [-0.2, 0) is 21.4 Å². The number of aromatic nitrogens is 2. The van der Waals surface area contributed by atoms with E-state index < -0.39 is 10.0 Å². The maximum atomic E-state index is 12.7. The number of hydrogen-bond donors (Lipinski definition) is 1. The highest BCUT2D eigenvalue weighted by Gasteiger charge is 2.25. The molecule has 0 aliphatic carbocycles. The molecule has 1 saturated heterocycles. The summed E-state index contributed by atoms with van der Waals surface area (Å²) in [6, 6.07) is 8.70. The van der Waals surface area contributed by atoms with E-state index in [1.807, 2.05) is 11.4 Å². The van der Waals surface area contributed by atoms with Crippen LogP contribution >= 0.6 is 23.1 Å². The highest BCUT2D eigenvalue weighted by atomic mass is 32.2. The second kappa shape index (κ2) is 9.42. The zero-order valence-electron chi connectivity index (χ0n) is 16.3. The van der Waals surface area contributed by atoms with Crippen LogP contribution in [0.5, 0.6) is 0 Å². The molecule has 1 fully saturated rings. The SMILES string of the molecule is O=C(CSc1ncnc2sccc12)NCc1ccc(S(=O)(=O)N2CCCCC2)cc1. The topological polar surface area (TPSA) is 92.3 Å². The van der Waals surface area contributed by atoms with E-state index in [-0.39, 0.29) is 11.7 Å². The van der Waals surface area contributed by atoms with Gasteiger partial charge in [0.05, 0.1) is 10.6 Å². The highest BCUT2D eigenvalue weighted by Crippen LogP contribution is 2.27. The van der Waals surface area contributed by atoms with Crippen molar-refractivity contribution in [2.75, 3.05) is 18.8 Å². The lowest BCUT2D eigenvalue weighted by atomic mass is 10.2. The summed E-state index contributed by atoms with van der Waals surface area (Å²) in [6.07, 6.45) is 4.42. The van der Waals surface area contributed by atoms with E-state index >= 15 is 0 Å². The average molecular weight is 463 g/mol. The van der Waals surface area contributed by atoms with Gasteiger partial charge in [-0.05, 0) is 42.0 Å². The molecule has 3 aromatic rings. The predicted octanol–water partition coefficient (Wildman–Crippen LogP) is 3.27. The van der Waals surface area contributed by atoms with Gasteiger partial charge in [0.1, 0.15) is 16.2 Å². The Labute approximate surface area is 184 Å². The summed E-state index contributed by atoms with van der Waals surface area (Å²) in [5.74, 6) is 0.149. The first-order valence-electron chi connectivity index (χ1n) is 9.71. The minimum absolute atomic E-state index is 0.105. The van der Waals surface area contributed by atoms with Crippen molar-refractivity contribution in [3.63, 3.8) is 0 Å². The Balaban J connectivity index is 1.30. The normalized spacial score (nSPS) is 15.3. The van der Waals surface area contributed by atoms with Gasteiger partial charge in [-0.3, -0.25) is 4.79 Å². The molecule has 1 N–H and O–H groups in total. The average Bonchev–Trinajstić information content (AvgIpc) is 3.27. The number of carbonyl (C=O) groups excluding carboxylic acids is 1. The summed E-state index contributed by atoms with van der Waals surface area (Å²) in [6.45, 7) is 1.52. The van der Waals surface area contributed by atoms with Gasteiger partial charge in [-0.2, -0.15) is 4.31 Å². The lowest BCUT2D eigenvalue weighted by molar-refractivity contribution is -0.118. The van der Waals surface area contributed by atoms with Crippen LogP contribution in [0.1, 0.15) is 24.8 Å². The lowest BCUT2D eigenvalue weighted by Crippen LogP contribution is -2.35. The number of benzene rings is 1. The van der Waals surface area contributed by atoms with E-state index in [4.69, 9.17) is 0 Å². The molecule has 1 aliphatic heterocycles. The molecule has 10 heteroatoms. The number of amides is 1. The van der Waals surface area contributed by atoms with Crippen LogP contribution < -0.4 is 5.32 Å². The molecule has 0 radical (unpaired) electrons. The fourth-order valence-electron chi connectivity index (χ4n) is 3.30. The fourth-order valence-corrected chi connectivity index (χ4v) is 6.43. The molecule has 0 atom stereocenters. The summed E-state index contributed by atoms with van der Waals surface area (Å²) in [5, 5.41) is 6.59. The number of rotatable bonds is 7. The van der Waals surface area contributed by atoms with Crippen molar-refractivity contribution in [1.82, 2.24) is 19.6 Å². The van der Waals surface area contributed by atoms with Crippen molar-refractivity contribution in [3.8, 4) is 0 Å². The number of hydrogen-bond acceptors (Lipinski definition) is 7. The third-order valence-electron chi connectivity index (χ3n) is 4.93. The molecule has 158 valence electrons. The van der Waals surface area contributed by atoms with Gasteiger partial charge in [0.2, 0.25) is 15.9 Å². The Bertz CT molecular complexity index is 1120. The van der Waals surface area contributed by atoms with E-state index in [9.17, 15) is 13.2 Å². The van der Waals surface area contributed by atoms with Crippen LogP contribution in [0.2, 0.25) is 0 Å². The Morgan fingerprint density at radius 3 is 2.63 bits per heavy atom. The zero-order valence-corrected chi connectivity index (χ0v) is 18.7. The minimum Gasteiger partial charge on any atom is -0.351 e. The van der Waals surface area contributed by atoms with E-state index in [1.165, 1.54) is 18.1 Å². The molecule has 1 aliphatic rings. The van der Waals surface area contributed by atoms with E-state index in [0.717, 1.165) is 40.1 Å². The van der Waals surface area contributed by atoms with Gasteiger partial charge in [-0.1, -0.05) is 30.3 Å². The molecule has 0 saturated carbocycles. The van der Waals surface area contributed by atoms with Crippen molar-refractivity contribution in [1.29, 1.82) is 0 Å². The van der Waals surface area contributed by atoms with Crippen molar-refractivity contribution < 1.29 is 13.2 Å². The standard InChI is InChI=1S/C20H22N4O3S3/c25-18(13-29-20-17-8-11-28-19(17)22-14-23-20)21-12-15-4-6-16(7-5-15)30(26,27)24-9-2-1-3-10-24/h4-8,11,14H,1-3,9-10,12-13H2,(H,21,25). The quantitative estimate of drug-likeness (QED) is 0.428. The number of fused-ring (bicyclic) bond motifs is 1. The van der Waals surface area contributed by atoms with Crippen LogP contribution in [0.15, 0.2) is 52.0 Å². The van der Waals surface area contributed by atoms with Crippen LogP contribution in [0.3, 0.4) is 0 Å². The Hall–Kier alpha value is -2.01. The first-order chi connectivity index (χ1) is 14.5. The molecule has 1 amide bonds. The summed E-state index contributed by atoms with van der Waals surface area (Å²) in [4.78, 5) is 21.9. The molecule has 2 aromatic heterocycles. The molecular weight excluding hydrogens is 440 g/mol. The van der Waals surface area contributed by atoms with Crippen molar-refractivity contribution in [2.45, 2.75) is 35.7 Å². The van der Waals surface area contributed by atoms with E-state index in [1.54, 1.807) is 39.9 Å². The van der Waals surface area contributed by atoms with Crippen molar-refractivity contribution >= 4 is 49.2 Å². The number of sulfonamides is 1. The summed E-state index contributed by atoms with van der Waals surface area (Å²) >= 11 is 2.92. The van der Waals surface area contributed by atoms with Crippen molar-refractivity contribution in [3.05, 3.63) is 47.6 Å². The molecule has 7 nitrogen and oxygen atoms in total. The number of thiophene rings is 1. The third kappa shape index (κ3) is 4.83. The number of nitrogens with one attached hydrogen (secondary N) is 1. The van der Waals surface area contributed by atoms with E-state index in [0.29, 0.717) is 24.5 Å². The van der Waals surface area contributed by atoms with Gasteiger partial charge >= 0.3 is 0 Å². The van der Waals surface area contributed by atoms with Gasteiger partial charge in [0.15, 0.2) is 0 Å². The van der Waals surface area contributed by atoms with Gasteiger partial charge < -0.3 is 5.32 Å². The Kier molecular flexibility index (Phi) is 6.67. The minimum atomic E-state index is -3.43. The molecule has 4 rings (SSSR count). The van der Waals surface area contributed by atoms with Crippen LogP contribution in [0.25, 0.3) is 10.2 Å². The summed E-state index contributed by atoms with van der Waals surface area (Å²) < 4.78 is 27.0. The molecule has 1 aromatic carbocycles. The van der Waals surface area contributed by atoms with E-state index in [2.05, 4.69) is 15.3 Å². The van der Waals surface area contributed by atoms with Crippen molar-refractivity contribution in [2.24, 2.45) is 0 Å². The fraction of sp³-hybridized carbons (Fsp3) is 0.350.